The lowest BCUT2D eigenvalue weighted by molar-refractivity contribution is -0.201. The molecule has 18 heteroatoms. The van der Waals surface area contributed by atoms with Crippen molar-refractivity contribution in [2.24, 2.45) is 11.8 Å². The van der Waals surface area contributed by atoms with Crippen LogP contribution in [0.15, 0.2) is 24.3 Å². The molecule has 2 saturated heterocycles. The minimum absolute atomic E-state index is 0.0531. The third-order valence-electron chi connectivity index (χ3n) is 9.25. The molecule has 0 atom stereocenters. The minimum atomic E-state index is -6.02. The number of hydrogen-bond donors (Lipinski definition) is 0. The first-order valence-electron chi connectivity index (χ1n) is 15.1. The van der Waals surface area contributed by atoms with Crippen molar-refractivity contribution in [1.29, 1.82) is 0 Å². The fourth-order valence-electron chi connectivity index (χ4n) is 6.59. The number of hydrogen-bond acceptors (Lipinski definition) is 9. The van der Waals surface area contributed by atoms with E-state index in [0.717, 1.165) is 0 Å². The quantitative estimate of drug-likeness (QED) is 0.162. The number of benzene rings is 1. The number of rotatable bonds is 7. The monoisotopic (exact) mass is 705 g/mol. The van der Waals surface area contributed by atoms with Crippen LogP contribution in [0.5, 0.6) is 0 Å². The predicted octanol–water partition coefficient (Wildman–Crippen LogP) is 5.27. The molecule has 0 bridgehead atoms. The predicted molar refractivity (Wildman–Crippen MR) is 146 cm³/mol. The van der Waals surface area contributed by atoms with E-state index in [4.69, 9.17) is 18.9 Å². The van der Waals surface area contributed by atoms with E-state index >= 15 is 0 Å². The largest absolute Gasteiger partial charge is 0.523 e. The third-order valence-corrected chi connectivity index (χ3v) is 10.2. The van der Waals surface area contributed by atoms with Crippen LogP contribution < -0.4 is 0 Å². The molecule has 47 heavy (non-hydrogen) atoms. The Hall–Kier alpha value is -2.38. The van der Waals surface area contributed by atoms with Gasteiger partial charge in [0.25, 0.3) is 23.7 Å². The molecule has 0 unspecified atom stereocenters. The van der Waals surface area contributed by atoms with Crippen LogP contribution in [0.4, 0.5) is 30.7 Å². The van der Waals surface area contributed by atoms with Gasteiger partial charge in [0.1, 0.15) is 6.61 Å². The number of fused-ring (bicyclic) bond motifs is 1. The van der Waals surface area contributed by atoms with Crippen LogP contribution >= 0.6 is 0 Å². The molecule has 0 N–H and O–H groups in total. The van der Waals surface area contributed by atoms with Crippen LogP contribution in [0.3, 0.4) is 0 Å². The SMILES string of the molecule is O=C1c2ccccc2C(=O)N1CC(F)(F)C1CCC2(CC1)OCCO2.O=S(=O)(OCC(F)(F)C1CCC2(CC1)OCCO2)C(F)(F)F. The third kappa shape index (κ3) is 7.61. The molecule has 1 aromatic rings. The number of imide groups is 1. The smallest absolute Gasteiger partial charge is 0.348 e. The summed E-state index contributed by atoms with van der Waals surface area (Å²) < 4.78 is 140. The summed E-state index contributed by atoms with van der Waals surface area (Å²) in [6.45, 7) is -0.971. The van der Waals surface area contributed by atoms with Crippen LogP contribution in [0.25, 0.3) is 0 Å². The van der Waals surface area contributed by atoms with Crippen molar-refractivity contribution in [2.45, 2.75) is 80.3 Å². The number of nitrogens with zero attached hydrogens (tertiary/aromatic N) is 1. The van der Waals surface area contributed by atoms with Gasteiger partial charge in [0, 0.05) is 37.5 Å². The molecule has 264 valence electrons. The topological polar surface area (TPSA) is 118 Å². The van der Waals surface area contributed by atoms with Crippen molar-refractivity contribution < 1.29 is 71.9 Å². The zero-order valence-electron chi connectivity index (χ0n) is 25.0. The van der Waals surface area contributed by atoms with Crippen molar-refractivity contribution in [3.63, 3.8) is 0 Å². The van der Waals surface area contributed by atoms with E-state index in [1.165, 1.54) is 12.1 Å². The van der Waals surface area contributed by atoms with E-state index in [0.29, 0.717) is 44.2 Å². The molecule has 6 rings (SSSR count). The highest BCUT2D eigenvalue weighted by atomic mass is 32.2. The van der Waals surface area contributed by atoms with Gasteiger partial charge in [0.15, 0.2) is 11.6 Å². The molecule has 0 radical (unpaired) electrons. The van der Waals surface area contributed by atoms with E-state index < -0.39 is 75.8 Å². The highest BCUT2D eigenvalue weighted by Crippen LogP contribution is 2.46. The lowest BCUT2D eigenvalue weighted by atomic mass is 9.81. The fourth-order valence-corrected chi connectivity index (χ4v) is 7.04. The molecule has 1 aromatic carbocycles. The second kappa shape index (κ2) is 13.2. The van der Waals surface area contributed by atoms with Gasteiger partial charge in [0.2, 0.25) is 0 Å². The molecule has 2 saturated carbocycles. The number of ether oxygens (including phenoxy) is 4. The molecule has 0 aromatic heterocycles. The molecule has 5 aliphatic rings. The summed E-state index contributed by atoms with van der Waals surface area (Å²) in [5.41, 5.74) is -5.33. The van der Waals surface area contributed by atoms with Crippen LogP contribution in [0, 0.1) is 11.8 Å². The molecule has 10 nitrogen and oxygen atoms in total. The molecule has 2 amide bonds. The maximum atomic E-state index is 14.8. The molecule has 2 spiro atoms. The average molecular weight is 706 g/mol. The van der Waals surface area contributed by atoms with Crippen molar-refractivity contribution in [3.05, 3.63) is 35.4 Å². The van der Waals surface area contributed by atoms with Crippen LogP contribution in [-0.4, -0.2) is 93.6 Å². The van der Waals surface area contributed by atoms with Gasteiger partial charge in [-0.2, -0.15) is 21.6 Å². The molecule has 2 aliphatic carbocycles. The van der Waals surface area contributed by atoms with Crippen molar-refractivity contribution in [2.75, 3.05) is 39.6 Å². The van der Waals surface area contributed by atoms with E-state index in [1.54, 1.807) is 12.1 Å². The van der Waals surface area contributed by atoms with E-state index in [9.17, 15) is 48.7 Å². The van der Waals surface area contributed by atoms with E-state index in [1.807, 2.05) is 0 Å². The number of carbonyl (C=O) groups excluding carboxylic acids is 2. The second-order valence-corrected chi connectivity index (χ2v) is 13.8. The van der Waals surface area contributed by atoms with Crippen LogP contribution in [-0.2, 0) is 33.2 Å². The summed E-state index contributed by atoms with van der Waals surface area (Å²) in [5, 5.41) is 0. The van der Waals surface area contributed by atoms with Gasteiger partial charge >= 0.3 is 15.6 Å². The maximum Gasteiger partial charge on any atom is 0.523 e. The molecular weight excluding hydrogens is 671 g/mol. The number of halogens is 7. The average Bonchev–Trinajstić information content (AvgIpc) is 3.73. The Bertz CT molecular complexity index is 1370. The summed E-state index contributed by atoms with van der Waals surface area (Å²) in [4.78, 5) is 25.3. The number of alkyl halides is 7. The first kappa shape index (κ1) is 35.9. The summed E-state index contributed by atoms with van der Waals surface area (Å²) in [7, 11) is -6.02. The van der Waals surface area contributed by atoms with Gasteiger partial charge in [0.05, 0.1) is 44.1 Å². The zero-order chi connectivity index (χ0) is 34.3. The second-order valence-electron chi connectivity index (χ2n) is 12.2. The summed E-state index contributed by atoms with van der Waals surface area (Å²) >= 11 is 0. The number of amides is 2. The van der Waals surface area contributed by atoms with Gasteiger partial charge < -0.3 is 18.9 Å². The summed E-state index contributed by atoms with van der Waals surface area (Å²) in [6.07, 6.45) is 1.57. The van der Waals surface area contributed by atoms with Crippen molar-refractivity contribution in [1.82, 2.24) is 4.90 Å². The highest BCUT2D eigenvalue weighted by molar-refractivity contribution is 7.87. The Morgan fingerprint density at radius 3 is 1.47 bits per heavy atom. The van der Waals surface area contributed by atoms with Crippen LogP contribution in [0.2, 0.25) is 0 Å². The first-order valence-corrected chi connectivity index (χ1v) is 16.5. The molecule has 3 aliphatic heterocycles. The van der Waals surface area contributed by atoms with Gasteiger partial charge in [-0.1, -0.05) is 12.1 Å². The first-order chi connectivity index (χ1) is 21.9. The Morgan fingerprint density at radius 2 is 1.09 bits per heavy atom. The Kier molecular flexibility index (Phi) is 10.0. The van der Waals surface area contributed by atoms with E-state index in [-0.39, 0.29) is 49.7 Å². The number of carbonyl (C=O) groups is 2. The fraction of sp³-hybridized carbons (Fsp3) is 0.724. The lowest BCUT2D eigenvalue weighted by Gasteiger charge is -2.39. The zero-order valence-corrected chi connectivity index (χ0v) is 25.9. The maximum absolute atomic E-state index is 14.8. The Balaban J connectivity index is 0.000000186. The van der Waals surface area contributed by atoms with Crippen LogP contribution in [0.1, 0.15) is 72.1 Å². The molecular formula is C29H34F7NO9S. The normalized spacial score (nSPS) is 24.9. The molecule has 3 heterocycles. The Morgan fingerprint density at radius 1 is 0.702 bits per heavy atom. The van der Waals surface area contributed by atoms with Crippen molar-refractivity contribution >= 4 is 21.9 Å². The van der Waals surface area contributed by atoms with Gasteiger partial charge in [-0.25, -0.2) is 17.6 Å². The lowest BCUT2D eigenvalue weighted by Crippen LogP contribution is -2.47. The van der Waals surface area contributed by atoms with Gasteiger partial charge in [-0.15, -0.1) is 0 Å². The standard InChI is InChI=1S/C18H19F2NO4.C11H15F5O5S/c19-18(20,12-5-7-17(8-6-12)24-9-10-25-17)11-21-15(22)13-3-1-2-4-14(13)16(21)23;12-10(13,7-21-22(17,18)11(14,15)16)8-1-3-9(4-2-8)19-5-6-20-9/h1-4,12H,5-11H2;8H,1-7H2. The van der Waals surface area contributed by atoms with Crippen molar-refractivity contribution in [3.8, 4) is 0 Å². The Labute approximate surface area is 265 Å². The van der Waals surface area contributed by atoms with Gasteiger partial charge in [-0.05, 0) is 37.8 Å². The highest BCUT2D eigenvalue weighted by Gasteiger charge is 2.53. The van der Waals surface area contributed by atoms with Gasteiger partial charge in [-0.3, -0.25) is 18.7 Å². The molecule has 4 fully saturated rings. The minimum Gasteiger partial charge on any atom is -0.348 e. The van der Waals surface area contributed by atoms with E-state index in [2.05, 4.69) is 4.18 Å². The summed E-state index contributed by atoms with van der Waals surface area (Å²) in [5.74, 6) is -11.9. The summed E-state index contributed by atoms with van der Waals surface area (Å²) in [6, 6.07) is 6.22.